The number of halogens is 2. The van der Waals surface area contributed by atoms with Crippen LogP contribution in [0, 0.1) is 0 Å². The molecule has 0 radical (unpaired) electrons. The van der Waals surface area contributed by atoms with Gasteiger partial charge in [-0.1, -0.05) is 40.6 Å². The third kappa shape index (κ3) is 4.13. The lowest BCUT2D eigenvalue weighted by atomic mass is 10.2. The summed E-state index contributed by atoms with van der Waals surface area (Å²) in [5.41, 5.74) is 1.56. The fourth-order valence-electron chi connectivity index (χ4n) is 3.02. The van der Waals surface area contributed by atoms with Crippen molar-refractivity contribution in [1.82, 2.24) is 20.0 Å². The van der Waals surface area contributed by atoms with Crippen LogP contribution in [0.15, 0.2) is 23.7 Å². The third-order valence-electron chi connectivity index (χ3n) is 4.42. The molecule has 28 heavy (non-hydrogen) atoms. The van der Waals surface area contributed by atoms with E-state index in [4.69, 9.17) is 23.2 Å². The van der Waals surface area contributed by atoms with Crippen LogP contribution in [-0.2, 0) is 4.79 Å². The van der Waals surface area contributed by atoms with Crippen LogP contribution in [0.25, 0.3) is 10.1 Å². The number of benzene rings is 1. The highest BCUT2D eigenvalue weighted by Crippen LogP contribution is 2.37. The molecule has 0 atom stereocenters. The van der Waals surface area contributed by atoms with Crippen LogP contribution in [0.1, 0.15) is 9.67 Å². The van der Waals surface area contributed by atoms with Gasteiger partial charge in [0, 0.05) is 41.3 Å². The Morgan fingerprint density at radius 3 is 2.68 bits per heavy atom. The number of rotatable bonds is 4. The monoisotopic (exact) mass is 455 g/mol. The largest absolute Gasteiger partial charge is 0.335 e. The highest BCUT2D eigenvalue weighted by molar-refractivity contribution is 7.21. The van der Waals surface area contributed by atoms with E-state index in [2.05, 4.69) is 15.5 Å². The van der Waals surface area contributed by atoms with Gasteiger partial charge in [0.15, 0.2) is 0 Å². The highest BCUT2D eigenvalue weighted by Gasteiger charge is 2.27. The zero-order valence-corrected chi connectivity index (χ0v) is 17.7. The zero-order chi connectivity index (χ0) is 19.7. The maximum Gasteiger partial charge on any atom is 0.265 e. The molecule has 3 aromatic rings. The van der Waals surface area contributed by atoms with E-state index in [9.17, 15) is 9.59 Å². The summed E-state index contributed by atoms with van der Waals surface area (Å²) in [6, 6.07) is 5.42. The zero-order valence-electron chi connectivity index (χ0n) is 14.5. The Morgan fingerprint density at radius 2 is 1.96 bits per heavy atom. The Bertz CT molecular complexity index is 1020. The molecule has 2 amide bonds. The highest BCUT2D eigenvalue weighted by atomic mass is 35.5. The average Bonchev–Trinajstić information content (AvgIpc) is 3.29. The Balaban J connectivity index is 1.36. The molecule has 0 saturated carbocycles. The molecule has 3 heterocycles. The topological polar surface area (TPSA) is 78.4 Å². The summed E-state index contributed by atoms with van der Waals surface area (Å²) in [5.74, 6) is -0.221. The van der Waals surface area contributed by atoms with Gasteiger partial charge in [-0.2, -0.15) is 0 Å². The Hall–Kier alpha value is -1.78. The van der Waals surface area contributed by atoms with Crippen LogP contribution >= 0.6 is 45.9 Å². The minimum Gasteiger partial charge on any atom is -0.335 e. The van der Waals surface area contributed by atoms with E-state index < -0.39 is 0 Å². The van der Waals surface area contributed by atoms with Gasteiger partial charge >= 0.3 is 0 Å². The van der Waals surface area contributed by atoms with E-state index in [1.807, 2.05) is 17.0 Å². The average molecular weight is 456 g/mol. The number of carbonyl (C=O) groups excluding carboxylic acids is 2. The van der Waals surface area contributed by atoms with Crippen molar-refractivity contribution in [2.75, 3.05) is 38.0 Å². The summed E-state index contributed by atoms with van der Waals surface area (Å²) >= 11 is 15.1. The summed E-state index contributed by atoms with van der Waals surface area (Å²) < 4.78 is 0.896. The number of carbonyl (C=O) groups is 2. The number of fused-ring (bicyclic) bond motifs is 1. The second kappa shape index (κ2) is 8.30. The van der Waals surface area contributed by atoms with Crippen LogP contribution in [0.5, 0.6) is 0 Å². The molecule has 1 saturated heterocycles. The lowest BCUT2D eigenvalue weighted by Gasteiger charge is -2.34. The van der Waals surface area contributed by atoms with Crippen molar-refractivity contribution in [2.45, 2.75) is 0 Å². The number of nitrogens with one attached hydrogen (secondary N) is 1. The number of anilines is 1. The normalized spacial score (nSPS) is 15.1. The smallest absolute Gasteiger partial charge is 0.265 e. The minimum atomic E-state index is -0.138. The first-order valence-corrected chi connectivity index (χ1v) is 10.9. The summed E-state index contributed by atoms with van der Waals surface area (Å²) in [7, 11) is 0. The third-order valence-corrected chi connectivity index (χ3v) is 6.91. The maximum absolute atomic E-state index is 12.9. The second-order valence-corrected chi connectivity index (χ2v) is 8.95. The van der Waals surface area contributed by atoms with Crippen LogP contribution in [-0.4, -0.2) is 64.5 Å². The fourth-order valence-corrected chi connectivity index (χ4v) is 5.24. The van der Waals surface area contributed by atoms with E-state index in [1.54, 1.807) is 16.5 Å². The molecule has 1 fully saturated rings. The van der Waals surface area contributed by atoms with Gasteiger partial charge in [0.1, 0.15) is 10.4 Å². The lowest BCUT2D eigenvalue weighted by Crippen LogP contribution is -2.50. The first-order valence-electron chi connectivity index (χ1n) is 8.46. The van der Waals surface area contributed by atoms with E-state index in [-0.39, 0.29) is 18.4 Å². The number of amides is 2. The van der Waals surface area contributed by atoms with Crippen molar-refractivity contribution in [3.05, 3.63) is 38.6 Å². The van der Waals surface area contributed by atoms with Gasteiger partial charge in [0.25, 0.3) is 5.91 Å². The molecular weight excluding hydrogens is 441 g/mol. The van der Waals surface area contributed by atoms with Gasteiger partial charge in [0.05, 0.1) is 11.6 Å². The Kier molecular flexibility index (Phi) is 5.79. The summed E-state index contributed by atoms with van der Waals surface area (Å²) in [6.07, 6.45) is 0. The predicted molar refractivity (Wildman–Crippen MR) is 113 cm³/mol. The molecule has 0 bridgehead atoms. The molecule has 0 aliphatic carbocycles. The number of hydrogen-bond donors (Lipinski definition) is 1. The predicted octanol–water partition coefficient (Wildman–Crippen LogP) is 3.46. The standard InChI is InChI=1S/C17H15Cl2N5O2S2/c18-10-1-2-11-12(7-10)28-15(14(11)19)16(26)24-5-3-23(4-6-24)8-13(25)21-17-22-20-9-27-17/h1-2,7,9H,3-6,8H2,(H,21,22,25). The van der Waals surface area contributed by atoms with Crippen molar-refractivity contribution < 1.29 is 9.59 Å². The first-order chi connectivity index (χ1) is 13.5. The van der Waals surface area contributed by atoms with E-state index in [1.165, 1.54) is 22.7 Å². The van der Waals surface area contributed by atoms with Crippen LogP contribution in [0.4, 0.5) is 5.13 Å². The van der Waals surface area contributed by atoms with Gasteiger partial charge in [-0.3, -0.25) is 19.8 Å². The van der Waals surface area contributed by atoms with E-state index in [0.29, 0.717) is 46.2 Å². The van der Waals surface area contributed by atoms with Crippen molar-refractivity contribution in [3.8, 4) is 0 Å². The molecule has 2 aromatic heterocycles. The quantitative estimate of drug-likeness (QED) is 0.651. The van der Waals surface area contributed by atoms with Gasteiger partial charge in [-0.25, -0.2) is 0 Å². The summed E-state index contributed by atoms with van der Waals surface area (Å²) in [5, 5.41) is 12.6. The first kappa shape index (κ1) is 19.5. The molecule has 4 rings (SSSR count). The number of thiophene rings is 1. The molecule has 1 aliphatic rings. The number of hydrogen-bond acceptors (Lipinski definition) is 7. The SMILES string of the molecule is O=C(CN1CCN(C(=O)c2sc3cc(Cl)ccc3c2Cl)CC1)Nc1nncs1. The summed E-state index contributed by atoms with van der Waals surface area (Å²) in [4.78, 5) is 29.3. The second-order valence-electron chi connectivity index (χ2n) is 6.25. The molecule has 1 aliphatic heterocycles. The molecule has 7 nitrogen and oxygen atoms in total. The molecule has 11 heteroatoms. The minimum absolute atomic E-state index is 0.0831. The van der Waals surface area contributed by atoms with Crippen LogP contribution in [0.2, 0.25) is 10.0 Å². The molecule has 146 valence electrons. The molecule has 1 N–H and O–H groups in total. The Morgan fingerprint density at radius 1 is 1.18 bits per heavy atom. The van der Waals surface area contributed by atoms with Crippen LogP contribution < -0.4 is 5.32 Å². The van der Waals surface area contributed by atoms with Gasteiger partial charge in [-0.05, 0) is 12.1 Å². The van der Waals surface area contributed by atoms with Crippen molar-refractivity contribution in [2.24, 2.45) is 0 Å². The summed E-state index contributed by atoms with van der Waals surface area (Å²) in [6.45, 7) is 2.56. The van der Waals surface area contributed by atoms with Crippen molar-refractivity contribution >= 4 is 72.9 Å². The number of nitrogens with zero attached hydrogens (tertiary/aromatic N) is 4. The van der Waals surface area contributed by atoms with E-state index >= 15 is 0 Å². The fraction of sp³-hybridized carbons (Fsp3) is 0.294. The lowest BCUT2D eigenvalue weighted by molar-refractivity contribution is -0.117. The maximum atomic E-state index is 12.9. The van der Waals surface area contributed by atoms with Gasteiger partial charge in [0.2, 0.25) is 11.0 Å². The van der Waals surface area contributed by atoms with Gasteiger partial charge in [-0.15, -0.1) is 21.5 Å². The van der Waals surface area contributed by atoms with Crippen LogP contribution in [0.3, 0.4) is 0 Å². The van der Waals surface area contributed by atoms with E-state index in [0.717, 1.165) is 10.1 Å². The molecular formula is C17H15Cl2N5O2S2. The number of aromatic nitrogens is 2. The number of piperazine rings is 1. The molecule has 1 aromatic carbocycles. The molecule has 0 unspecified atom stereocenters. The van der Waals surface area contributed by atoms with Gasteiger partial charge < -0.3 is 4.90 Å². The Labute approximate surface area is 178 Å². The van der Waals surface area contributed by atoms with Crippen molar-refractivity contribution in [3.63, 3.8) is 0 Å². The van der Waals surface area contributed by atoms with Crippen molar-refractivity contribution in [1.29, 1.82) is 0 Å². The molecule has 0 spiro atoms.